The molecule has 1 aromatic heterocycles. The highest BCUT2D eigenvalue weighted by atomic mass is 19.1. The van der Waals surface area contributed by atoms with Crippen molar-refractivity contribution in [1.29, 1.82) is 0 Å². The highest BCUT2D eigenvalue weighted by molar-refractivity contribution is 5.86. The number of carbonyl (C=O) groups excluding carboxylic acids is 1. The Labute approximate surface area is 180 Å². The van der Waals surface area contributed by atoms with Gasteiger partial charge in [0.25, 0.3) is 5.89 Å². The van der Waals surface area contributed by atoms with Crippen molar-refractivity contribution in [2.75, 3.05) is 6.54 Å². The number of halogens is 1. The molecule has 0 saturated carbocycles. The van der Waals surface area contributed by atoms with Gasteiger partial charge in [-0.2, -0.15) is 4.98 Å². The SMILES string of the molecule is CC1=C(c2nc(-c3cccc(C)c3)no2)C(c2cccc(F)c2)NC(=O)N1CC(C)C. The van der Waals surface area contributed by atoms with E-state index < -0.39 is 6.04 Å². The number of aromatic nitrogens is 2. The third-order valence-corrected chi connectivity index (χ3v) is 5.26. The van der Waals surface area contributed by atoms with Gasteiger partial charge < -0.3 is 9.84 Å². The minimum Gasteiger partial charge on any atom is -0.334 e. The molecule has 2 amide bonds. The molecule has 1 unspecified atom stereocenters. The third kappa shape index (κ3) is 4.21. The van der Waals surface area contributed by atoms with Crippen LogP contribution in [0.2, 0.25) is 0 Å². The number of benzene rings is 2. The van der Waals surface area contributed by atoms with Gasteiger partial charge in [0.15, 0.2) is 0 Å². The second-order valence-electron chi connectivity index (χ2n) is 8.23. The topological polar surface area (TPSA) is 71.3 Å². The van der Waals surface area contributed by atoms with Crippen LogP contribution in [0.15, 0.2) is 58.8 Å². The van der Waals surface area contributed by atoms with E-state index in [9.17, 15) is 9.18 Å². The maximum atomic E-state index is 14.0. The molecule has 0 saturated heterocycles. The van der Waals surface area contributed by atoms with Gasteiger partial charge in [-0.15, -0.1) is 0 Å². The summed E-state index contributed by atoms with van der Waals surface area (Å²) in [6.07, 6.45) is 0. The molecule has 160 valence electrons. The summed E-state index contributed by atoms with van der Waals surface area (Å²) in [5.41, 5.74) is 3.92. The van der Waals surface area contributed by atoms with Gasteiger partial charge in [0, 0.05) is 17.8 Å². The first-order valence-corrected chi connectivity index (χ1v) is 10.3. The van der Waals surface area contributed by atoms with Crippen LogP contribution in [-0.4, -0.2) is 27.6 Å². The molecule has 1 aliphatic heterocycles. The quantitative estimate of drug-likeness (QED) is 0.605. The molecule has 31 heavy (non-hydrogen) atoms. The lowest BCUT2D eigenvalue weighted by Crippen LogP contribution is -2.47. The summed E-state index contributed by atoms with van der Waals surface area (Å²) >= 11 is 0. The molecular formula is C24H25FN4O2. The molecule has 0 aliphatic carbocycles. The third-order valence-electron chi connectivity index (χ3n) is 5.26. The van der Waals surface area contributed by atoms with Crippen molar-refractivity contribution in [2.24, 2.45) is 5.92 Å². The predicted octanol–water partition coefficient (Wildman–Crippen LogP) is 5.34. The monoisotopic (exact) mass is 420 g/mol. The van der Waals surface area contributed by atoms with E-state index in [0.29, 0.717) is 35.1 Å². The van der Waals surface area contributed by atoms with E-state index in [2.05, 4.69) is 15.5 Å². The van der Waals surface area contributed by atoms with Gasteiger partial charge in [-0.05, 0) is 43.5 Å². The van der Waals surface area contributed by atoms with Crippen molar-refractivity contribution in [2.45, 2.75) is 33.7 Å². The minimum atomic E-state index is -0.600. The number of urea groups is 1. The van der Waals surface area contributed by atoms with Crippen LogP contribution in [0.5, 0.6) is 0 Å². The van der Waals surface area contributed by atoms with Crippen molar-refractivity contribution in [1.82, 2.24) is 20.4 Å². The normalized spacial score (nSPS) is 16.8. The average molecular weight is 420 g/mol. The summed E-state index contributed by atoms with van der Waals surface area (Å²) in [5.74, 6) is 0.652. The molecule has 7 heteroatoms. The minimum absolute atomic E-state index is 0.234. The van der Waals surface area contributed by atoms with Gasteiger partial charge >= 0.3 is 6.03 Å². The van der Waals surface area contributed by atoms with Crippen molar-refractivity contribution in [3.63, 3.8) is 0 Å². The van der Waals surface area contributed by atoms with Crippen LogP contribution in [0.25, 0.3) is 17.0 Å². The van der Waals surface area contributed by atoms with Crippen molar-refractivity contribution < 1.29 is 13.7 Å². The number of aryl methyl sites for hydroxylation is 1. The molecule has 1 atom stereocenters. The largest absolute Gasteiger partial charge is 0.334 e. The van der Waals surface area contributed by atoms with Gasteiger partial charge in [0.2, 0.25) is 5.82 Å². The Hall–Kier alpha value is -3.48. The van der Waals surface area contributed by atoms with Gasteiger partial charge in [0.05, 0.1) is 11.6 Å². The number of rotatable bonds is 5. The van der Waals surface area contributed by atoms with Crippen molar-refractivity contribution >= 4 is 11.6 Å². The molecule has 3 aromatic rings. The summed E-state index contributed by atoms with van der Waals surface area (Å²) in [6, 6.07) is 13.2. The van der Waals surface area contributed by atoms with Gasteiger partial charge in [-0.1, -0.05) is 54.9 Å². The molecule has 2 aromatic carbocycles. The van der Waals surface area contributed by atoms with Crippen molar-refractivity contribution in [3.8, 4) is 11.4 Å². The maximum absolute atomic E-state index is 14.0. The van der Waals surface area contributed by atoms with E-state index in [4.69, 9.17) is 4.52 Å². The Morgan fingerprint density at radius 3 is 2.65 bits per heavy atom. The Bertz CT molecular complexity index is 1150. The lowest BCUT2D eigenvalue weighted by Gasteiger charge is -2.36. The first-order valence-electron chi connectivity index (χ1n) is 10.3. The van der Waals surface area contributed by atoms with Gasteiger partial charge in [-0.25, -0.2) is 9.18 Å². The predicted molar refractivity (Wildman–Crippen MR) is 116 cm³/mol. The summed E-state index contributed by atoms with van der Waals surface area (Å²) < 4.78 is 19.6. The van der Waals surface area contributed by atoms with E-state index >= 15 is 0 Å². The van der Waals surface area contributed by atoms with E-state index in [0.717, 1.165) is 11.1 Å². The fourth-order valence-corrected chi connectivity index (χ4v) is 3.81. The molecule has 0 radical (unpaired) electrons. The number of allylic oxidation sites excluding steroid dienone is 1. The number of hydrogen-bond acceptors (Lipinski definition) is 4. The average Bonchev–Trinajstić information content (AvgIpc) is 3.20. The zero-order valence-electron chi connectivity index (χ0n) is 18.0. The van der Waals surface area contributed by atoms with Crippen LogP contribution >= 0.6 is 0 Å². The van der Waals surface area contributed by atoms with Crippen LogP contribution < -0.4 is 5.32 Å². The molecular weight excluding hydrogens is 395 g/mol. The summed E-state index contributed by atoms with van der Waals surface area (Å²) in [4.78, 5) is 19.2. The van der Waals surface area contributed by atoms with E-state index in [-0.39, 0.29) is 17.8 Å². The second-order valence-corrected chi connectivity index (χ2v) is 8.23. The Kier molecular flexibility index (Phi) is 5.59. The zero-order chi connectivity index (χ0) is 22.1. The highest BCUT2D eigenvalue weighted by Gasteiger charge is 2.36. The Morgan fingerprint density at radius 2 is 1.94 bits per heavy atom. The smallest absolute Gasteiger partial charge is 0.322 e. The molecule has 1 aliphatic rings. The summed E-state index contributed by atoms with van der Waals surface area (Å²) in [7, 11) is 0. The number of hydrogen-bond donors (Lipinski definition) is 1. The van der Waals surface area contributed by atoms with Crippen LogP contribution in [0.3, 0.4) is 0 Å². The van der Waals surface area contributed by atoms with Crippen LogP contribution in [-0.2, 0) is 0 Å². The molecule has 4 rings (SSSR count). The maximum Gasteiger partial charge on any atom is 0.322 e. The van der Waals surface area contributed by atoms with Crippen LogP contribution in [0.1, 0.15) is 43.8 Å². The van der Waals surface area contributed by atoms with Crippen LogP contribution in [0, 0.1) is 18.7 Å². The molecule has 1 N–H and O–H groups in total. The summed E-state index contributed by atoms with van der Waals surface area (Å²) in [6.45, 7) is 8.48. The van der Waals surface area contributed by atoms with Crippen molar-refractivity contribution in [3.05, 3.63) is 77.1 Å². The Balaban J connectivity index is 1.83. The summed E-state index contributed by atoms with van der Waals surface area (Å²) in [5, 5.41) is 7.15. The van der Waals surface area contributed by atoms with Crippen LogP contribution in [0.4, 0.5) is 9.18 Å². The van der Waals surface area contributed by atoms with E-state index in [1.807, 2.05) is 52.0 Å². The fraction of sp³-hybridized carbons (Fsp3) is 0.292. The first kappa shape index (κ1) is 20.8. The number of nitrogens with zero attached hydrogens (tertiary/aromatic N) is 3. The number of carbonyl (C=O) groups is 1. The van der Waals surface area contributed by atoms with Gasteiger partial charge in [0.1, 0.15) is 5.82 Å². The zero-order valence-corrected chi connectivity index (χ0v) is 18.0. The number of amides is 2. The van der Waals surface area contributed by atoms with E-state index in [1.165, 1.54) is 12.1 Å². The highest BCUT2D eigenvalue weighted by Crippen LogP contribution is 2.37. The molecule has 6 nitrogen and oxygen atoms in total. The molecule has 0 bridgehead atoms. The molecule has 0 spiro atoms. The van der Waals surface area contributed by atoms with E-state index in [1.54, 1.807) is 17.0 Å². The standard InChI is InChI=1S/C24H25FN4O2/c1-14(2)13-29-16(4)20(21(26-24(29)30)17-8-6-10-19(25)12-17)23-27-22(28-31-23)18-9-5-7-15(3)11-18/h5-12,14,21H,13H2,1-4H3,(H,26,30). The van der Waals surface area contributed by atoms with Gasteiger partial charge in [-0.3, -0.25) is 4.90 Å². The molecule has 2 heterocycles. The Morgan fingerprint density at radius 1 is 1.16 bits per heavy atom. The lowest BCUT2D eigenvalue weighted by molar-refractivity contribution is 0.199. The first-order chi connectivity index (χ1) is 14.8. The second kappa shape index (κ2) is 8.34. The number of nitrogens with one attached hydrogen (secondary N) is 1. The molecule has 0 fully saturated rings. The lowest BCUT2D eigenvalue weighted by atomic mass is 9.94. The fourth-order valence-electron chi connectivity index (χ4n) is 3.81.